The van der Waals surface area contributed by atoms with Crippen molar-refractivity contribution in [3.05, 3.63) is 59.8 Å². The van der Waals surface area contributed by atoms with Gasteiger partial charge in [0, 0.05) is 18.3 Å². The number of nitrogens with one attached hydrogen (secondary N) is 1. The van der Waals surface area contributed by atoms with E-state index in [1.807, 2.05) is 28.8 Å². The largest absolute Gasteiger partial charge is 0.508 e. The Kier molecular flexibility index (Phi) is 3.30. The molecule has 0 saturated heterocycles. The first-order chi connectivity index (χ1) is 9.74. The molecular formula is C14H13FN4O. The minimum atomic E-state index is -0.368. The van der Waals surface area contributed by atoms with Crippen molar-refractivity contribution in [1.29, 1.82) is 0 Å². The first-order valence-electron chi connectivity index (χ1n) is 6.21. The van der Waals surface area contributed by atoms with E-state index in [1.54, 1.807) is 0 Å². The van der Waals surface area contributed by atoms with E-state index >= 15 is 0 Å². The average molecular weight is 272 g/mol. The van der Waals surface area contributed by atoms with Crippen LogP contribution < -0.4 is 5.32 Å². The molecular weight excluding hydrogens is 259 g/mol. The summed E-state index contributed by atoms with van der Waals surface area (Å²) < 4.78 is 15.0. The number of pyridine rings is 1. The molecule has 6 heteroatoms. The Labute approximate surface area is 114 Å². The highest BCUT2D eigenvalue weighted by Gasteiger charge is 2.06. The minimum absolute atomic E-state index is 0.0741. The van der Waals surface area contributed by atoms with Crippen LogP contribution in [0.25, 0.3) is 5.65 Å². The Balaban J connectivity index is 1.69. The highest BCUT2D eigenvalue weighted by molar-refractivity contribution is 5.37. The van der Waals surface area contributed by atoms with Gasteiger partial charge in [-0.3, -0.25) is 4.40 Å². The van der Waals surface area contributed by atoms with Gasteiger partial charge in [-0.05, 0) is 30.3 Å². The number of aromatic nitrogens is 3. The molecule has 102 valence electrons. The monoisotopic (exact) mass is 272 g/mol. The summed E-state index contributed by atoms with van der Waals surface area (Å²) in [4.78, 5) is 0. The van der Waals surface area contributed by atoms with Crippen molar-refractivity contribution in [3.8, 4) is 5.75 Å². The van der Waals surface area contributed by atoms with E-state index in [1.165, 1.54) is 18.2 Å². The van der Waals surface area contributed by atoms with Gasteiger partial charge in [0.25, 0.3) is 0 Å². The Morgan fingerprint density at radius 1 is 1.15 bits per heavy atom. The summed E-state index contributed by atoms with van der Waals surface area (Å²) in [5.41, 5.74) is 1.29. The molecule has 0 fully saturated rings. The minimum Gasteiger partial charge on any atom is -0.508 e. The Hall–Kier alpha value is -2.47. The molecule has 0 atom stereocenters. The fourth-order valence-electron chi connectivity index (χ4n) is 2.02. The van der Waals surface area contributed by atoms with Crippen molar-refractivity contribution in [3.63, 3.8) is 0 Å². The molecule has 3 rings (SSSR count). The Morgan fingerprint density at radius 2 is 2.05 bits per heavy atom. The second-order valence-corrected chi connectivity index (χ2v) is 4.42. The van der Waals surface area contributed by atoms with Crippen molar-refractivity contribution in [2.75, 3.05) is 0 Å². The maximum absolute atomic E-state index is 13.1. The van der Waals surface area contributed by atoms with Crippen LogP contribution in [0.5, 0.6) is 5.75 Å². The smallest absolute Gasteiger partial charge is 0.160 e. The van der Waals surface area contributed by atoms with Crippen LogP contribution in [0.3, 0.4) is 0 Å². The molecule has 3 aromatic rings. The fourth-order valence-corrected chi connectivity index (χ4v) is 2.02. The molecule has 0 radical (unpaired) electrons. The molecule has 0 bridgehead atoms. The van der Waals surface area contributed by atoms with E-state index < -0.39 is 0 Å². The summed E-state index contributed by atoms with van der Waals surface area (Å²) in [5.74, 6) is 0.467. The van der Waals surface area contributed by atoms with Crippen LogP contribution in [-0.2, 0) is 13.1 Å². The van der Waals surface area contributed by atoms with Gasteiger partial charge in [-0.25, -0.2) is 4.39 Å². The van der Waals surface area contributed by atoms with E-state index in [0.29, 0.717) is 18.7 Å². The number of hydrogen-bond donors (Lipinski definition) is 2. The molecule has 20 heavy (non-hydrogen) atoms. The first-order valence-corrected chi connectivity index (χ1v) is 6.21. The third-order valence-electron chi connectivity index (χ3n) is 3.02. The van der Waals surface area contributed by atoms with E-state index in [0.717, 1.165) is 11.5 Å². The Bertz CT molecular complexity index is 741. The molecule has 0 aliphatic rings. The van der Waals surface area contributed by atoms with E-state index in [-0.39, 0.29) is 11.6 Å². The van der Waals surface area contributed by atoms with Crippen molar-refractivity contribution < 1.29 is 9.50 Å². The number of hydrogen-bond acceptors (Lipinski definition) is 4. The van der Waals surface area contributed by atoms with E-state index in [4.69, 9.17) is 0 Å². The van der Waals surface area contributed by atoms with Gasteiger partial charge in [-0.2, -0.15) is 0 Å². The lowest BCUT2D eigenvalue weighted by molar-refractivity contribution is 0.461. The molecule has 2 aromatic heterocycles. The third kappa shape index (κ3) is 2.46. The number of aromatic hydroxyl groups is 1. The highest BCUT2D eigenvalue weighted by atomic mass is 19.1. The summed E-state index contributed by atoms with van der Waals surface area (Å²) >= 11 is 0. The van der Waals surface area contributed by atoms with Crippen LogP contribution in [0.15, 0.2) is 42.6 Å². The molecule has 0 saturated carbocycles. The predicted octanol–water partition coefficient (Wildman–Crippen LogP) is 1.86. The van der Waals surface area contributed by atoms with Gasteiger partial charge in [0.2, 0.25) is 0 Å². The van der Waals surface area contributed by atoms with E-state index in [2.05, 4.69) is 15.5 Å². The van der Waals surface area contributed by atoms with Crippen molar-refractivity contribution in [1.82, 2.24) is 19.9 Å². The number of fused-ring (bicyclic) bond motifs is 1. The Morgan fingerprint density at radius 3 is 2.95 bits per heavy atom. The second-order valence-electron chi connectivity index (χ2n) is 4.42. The summed E-state index contributed by atoms with van der Waals surface area (Å²) in [6.45, 7) is 0.826. The average Bonchev–Trinajstić information content (AvgIpc) is 2.86. The van der Waals surface area contributed by atoms with Crippen LogP contribution in [0.4, 0.5) is 4.39 Å². The highest BCUT2D eigenvalue weighted by Crippen LogP contribution is 2.17. The quantitative estimate of drug-likeness (QED) is 0.761. The summed E-state index contributed by atoms with van der Waals surface area (Å²) in [6, 6.07) is 9.55. The maximum Gasteiger partial charge on any atom is 0.160 e. The van der Waals surface area contributed by atoms with Gasteiger partial charge in [0.15, 0.2) is 11.5 Å². The molecule has 2 N–H and O–H groups in total. The van der Waals surface area contributed by atoms with E-state index in [9.17, 15) is 9.50 Å². The lowest BCUT2D eigenvalue weighted by Crippen LogP contribution is -2.15. The molecule has 0 unspecified atom stereocenters. The first kappa shape index (κ1) is 12.6. The van der Waals surface area contributed by atoms with Crippen LogP contribution in [0.2, 0.25) is 0 Å². The number of phenols is 1. The van der Waals surface area contributed by atoms with Gasteiger partial charge in [-0.1, -0.05) is 6.07 Å². The summed E-state index contributed by atoms with van der Waals surface area (Å²) in [5, 5.41) is 20.9. The standard InChI is InChI=1S/C14H13FN4O/c15-11-4-5-12(20)10(7-11)8-16-9-14-18-17-13-3-1-2-6-19(13)14/h1-7,16,20H,8-9H2. The van der Waals surface area contributed by atoms with Gasteiger partial charge < -0.3 is 10.4 Å². The molecule has 1 aromatic carbocycles. The summed E-state index contributed by atoms with van der Waals surface area (Å²) in [6.07, 6.45) is 1.88. The number of phenolic OH excluding ortho intramolecular Hbond substituents is 1. The zero-order valence-corrected chi connectivity index (χ0v) is 10.6. The second kappa shape index (κ2) is 5.26. The fraction of sp³-hybridized carbons (Fsp3) is 0.143. The van der Waals surface area contributed by atoms with Crippen LogP contribution >= 0.6 is 0 Å². The molecule has 0 spiro atoms. The molecule has 5 nitrogen and oxygen atoms in total. The molecule has 0 amide bonds. The molecule has 0 aliphatic carbocycles. The number of halogens is 1. The van der Waals surface area contributed by atoms with Crippen LogP contribution in [-0.4, -0.2) is 19.7 Å². The van der Waals surface area contributed by atoms with Gasteiger partial charge in [0.05, 0.1) is 6.54 Å². The van der Waals surface area contributed by atoms with Gasteiger partial charge in [0.1, 0.15) is 11.6 Å². The third-order valence-corrected chi connectivity index (χ3v) is 3.02. The lowest BCUT2D eigenvalue weighted by Gasteiger charge is -2.06. The molecule has 0 aliphatic heterocycles. The van der Waals surface area contributed by atoms with Gasteiger partial charge in [-0.15, -0.1) is 10.2 Å². The number of rotatable bonds is 4. The maximum atomic E-state index is 13.1. The van der Waals surface area contributed by atoms with Crippen molar-refractivity contribution in [2.24, 2.45) is 0 Å². The lowest BCUT2D eigenvalue weighted by atomic mass is 10.2. The normalized spacial score (nSPS) is 11.1. The summed E-state index contributed by atoms with van der Waals surface area (Å²) in [7, 11) is 0. The predicted molar refractivity (Wildman–Crippen MR) is 71.6 cm³/mol. The zero-order chi connectivity index (χ0) is 13.9. The van der Waals surface area contributed by atoms with Crippen LogP contribution in [0.1, 0.15) is 11.4 Å². The zero-order valence-electron chi connectivity index (χ0n) is 10.6. The van der Waals surface area contributed by atoms with Crippen LogP contribution in [0, 0.1) is 5.82 Å². The number of benzene rings is 1. The van der Waals surface area contributed by atoms with Crippen molar-refractivity contribution in [2.45, 2.75) is 13.1 Å². The topological polar surface area (TPSA) is 62.5 Å². The molecule has 2 heterocycles. The van der Waals surface area contributed by atoms with Gasteiger partial charge >= 0.3 is 0 Å². The SMILES string of the molecule is Oc1ccc(F)cc1CNCc1nnc2ccccn12. The number of nitrogens with zero attached hydrogens (tertiary/aromatic N) is 3. The van der Waals surface area contributed by atoms with Crippen molar-refractivity contribution >= 4 is 5.65 Å².